The summed E-state index contributed by atoms with van der Waals surface area (Å²) in [6, 6.07) is 6.54. The van der Waals surface area contributed by atoms with Gasteiger partial charge in [-0.05, 0) is 73.3 Å². The molecule has 0 aromatic heterocycles. The zero-order chi connectivity index (χ0) is 14.6. The van der Waals surface area contributed by atoms with Crippen LogP contribution >= 0.6 is 0 Å². The summed E-state index contributed by atoms with van der Waals surface area (Å²) >= 11 is 0. The predicted octanol–water partition coefficient (Wildman–Crippen LogP) is 3.97. The lowest BCUT2D eigenvalue weighted by Crippen LogP contribution is -2.37. The molecule has 0 spiro atoms. The van der Waals surface area contributed by atoms with E-state index in [1.807, 2.05) is 0 Å². The number of benzene rings is 1. The first-order chi connectivity index (χ1) is 10.1. The normalized spacial score (nSPS) is 34.2. The lowest BCUT2D eigenvalue weighted by Gasteiger charge is -2.43. The number of fused-ring (bicyclic) bond motifs is 4. The number of allylic oxidation sites excluding steroid dienone is 2. The lowest BCUT2D eigenvalue weighted by molar-refractivity contribution is 0.0379. The molecule has 3 aliphatic carbocycles. The molecule has 2 nitrogen and oxygen atoms in total. The minimum Gasteiger partial charge on any atom is -0.497 e. The number of hydrogen-bond donors (Lipinski definition) is 1. The van der Waals surface area contributed by atoms with E-state index in [4.69, 9.17) is 4.74 Å². The van der Waals surface area contributed by atoms with Gasteiger partial charge in [-0.1, -0.05) is 18.6 Å². The van der Waals surface area contributed by atoms with Crippen molar-refractivity contribution in [1.29, 1.82) is 0 Å². The maximum atomic E-state index is 10.4. The molecule has 0 heterocycles. The number of aliphatic hydroxyl groups excluding tert-OH is 1. The Bertz CT molecular complexity index is 616. The van der Waals surface area contributed by atoms with Crippen LogP contribution in [-0.2, 0) is 6.42 Å². The molecule has 1 aromatic rings. The summed E-state index contributed by atoms with van der Waals surface area (Å²) in [7, 11) is 1.74. The molecule has 1 N–H and O–H groups in total. The van der Waals surface area contributed by atoms with Crippen LogP contribution in [0, 0.1) is 11.3 Å². The van der Waals surface area contributed by atoms with Crippen molar-refractivity contribution in [2.45, 2.75) is 51.6 Å². The number of methoxy groups -OCH3 is 1. The van der Waals surface area contributed by atoms with E-state index >= 15 is 0 Å². The third-order valence-corrected chi connectivity index (χ3v) is 6.31. The van der Waals surface area contributed by atoms with Crippen LogP contribution in [0.15, 0.2) is 23.8 Å². The Hall–Kier alpha value is -1.28. The summed E-state index contributed by atoms with van der Waals surface area (Å²) in [5, 5.41) is 10.4. The molecule has 3 unspecified atom stereocenters. The lowest BCUT2D eigenvalue weighted by atomic mass is 9.62. The fourth-order valence-corrected chi connectivity index (χ4v) is 4.99. The van der Waals surface area contributed by atoms with E-state index in [1.165, 1.54) is 24.0 Å². The summed E-state index contributed by atoms with van der Waals surface area (Å²) in [6.07, 6.45) is 6.59. The molecule has 3 aliphatic rings. The van der Waals surface area contributed by atoms with E-state index < -0.39 is 0 Å². The highest BCUT2D eigenvalue weighted by atomic mass is 16.5. The SMILES string of the molecule is COc1ccc2c(c1)CCC1=C2CCC2(C)C(O)CCC12. The molecular weight excluding hydrogens is 260 g/mol. The second kappa shape index (κ2) is 4.61. The Morgan fingerprint density at radius 3 is 2.86 bits per heavy atom. The van der Waals surface area contributed by atoms with Gasteiger partial charge in [-0.2, -0.15) is 0 Å². The summed E-state index contributed by atoms with van der Waals surface area (Å²) in [6.45, 7) is 2.31. The summed E-state index contributed by atoms with van der Waals surface area (Å²) in [5.74, 6) is 1.57. The highest BCUT2D eigenvalue weighted by molar-refractivity contribution is 5.75. The van der Waals surface area contributed by atoms with Crippen molar-refractivity contribution >= 4 is 5.57 Å². The van der Waals surface area contributed by atoms with E-state index in [1.54, 1.807) is 18.3 Å². The Balaban J connectivity index is 1.79. The molecule has 0 radical (unpaired) electrons. The van der Waals surface area contributed by atoms with E-state index in [0.717, 1.165) is 31.4 Å². The van der Waals surface area contributed by atoms with Gasteiger partial charge in [0.25, 0.3) is 0 Å². The average Bonchev–Trinajstić information content (AvgIpc) is 2.82. The number of hydrogen-bond acceptors (Lipinski definition) is 2. The summed E-state index contributed by atoms with van der Waals surface area (Å²) in [5.41, 5.74) is 6.24. The van der Waals surface area contributed by atoms with Gasteiger partial charge in [0.2, 0.25) is 0 Å². The van der Waals surface area contributed by atoms with Gasteiger partial charge in [0.15, 0.2) is 0 Å². The largest absolute Gasteiger partial charge is 0.497 e. The van der Waals surface area contributed by atoms with Crippen molar-refractivity contribution in [3.63, 3.8) is 0 Å². The van der Waals surface area contributed by atoms with Gasteiger partial charge in [0.05, 0.1) is 13.2 Å². The van der Waals surface area contributed by atoms with Crippen LogP contribution in [-0.4, -0.2) is 18.3 Å². The zero-order valence-electron chi connectivity index (χ0n) is 13.0. The molecule has 112 valence electrons. The van der Waals surface area contributed by atoms with E-state index in [2.05, 4.69) is 25.1 Å². The minimum atomic E-state index is -0.103. The number of aryl methyl sites for hydroxylation is 1. The molecule has 0 bridgehead atoms. The van der Waals surface area contributed by atoms with Crippen LogP contribution in [0.5, 0.6) is 5.75 Å². The van der Waals surface area contributed by atoms with Gasteiger partial charge in [0, 0.05) is 5.41 Å². The molecule has 1 saturated carbocycles. The standard InChI is InChI=1S/C19H24O2/c1-19-10-9-15-14-6-4-13(21-2)11-12(14)3-5-16(15)17(19)7-8-18(19)20/h4,6,11,17-18,20H,3,5,7-10H2,1-2H3. The fraction of sp³-hybridized carbons (Fsp3) is 0.579. The number of aliphatic hydroxyl groups is 1. The summed E-state index contributed by atoms with van der Waals surface area (Å²) < 4.78 is 5.37. The van der Waals surface area contributed by atoms with Crippen LogP contribution in [0.4, 0.5) is 0 Å². The molecule has 2 heteroatoms. The van der Waals surface area contributed by atoms with E-state index in [0.29, 0.717) is 5.92 Å². The van der Waals surface area contributed by atoms with Crippen LogP contribution in [0.3, 0.4) is 0 Å². The number of ether oxygens (including phenoxy) is 1. The molecule has 0 amide bonds. The number of rotatable bonds is 1. The highest BCUT2D eigenvalue weighted by Crippen LogP contribution is 2.58. The van der Waals surface area contributed by atoms with Gasteiger partial charge in [-0.3, -0.25) is 0 Å². The molecule has 0 aliphatic heterocycles. The smallest absolute Gasteiger partial charge is 0.119 e. The third-order valence-electron chi connectivity index (χ3n) is 6.31. The monoisotopic (exact) mass is 284 g/mol. The van der Waals surface area contributed by atoms with Gasteiger partial charge in [0.1, 0.15) is 5.75 Å². The first-order valence-electron chi connectivity index (χ1n) is 8.21. The maximum absolute atomic E-state index is 10.4. The Morgan fingerprint density at radius 2 is 2.05 bits per heavy atom. The minimum absolute atomic E-state index is 0.103. The second-order valence-electron chi connectivity index (χ2n) is 7.18. The van der Waals surface area contributed by atoms with Crippen molar-refractivity contribution < 1.29 is 9.84 Å². The molecule has 1 aromatic carbocycles. The molecule has 0 saturated heterocycles. The molecule has 4 rings (SSSR count). The molecule has 1 fully saturated rings. The maximum Gasteiger partial charge on any atom is 0.119 e. The van der Waals surface area contributed by atoms with Crippen molar-refractivity contribution in [1.82, 2.24) is 0 Å². The van der Waals surface area contributed by atoms with Crippen molar-refractivity contribution in [2.24, 2.45) is 11.3 Å². The van der Waals surface area contributed by atoms with Crippen LogP contribution in [0.2, 0.25) is 0 Å². The topological polar surface area (TPSA) is 29.5 Å². The third kappa shape index (κ3) is 1.81. The average molecular weight is 284 g/mol. The Morgan fingerprint density at radius 1 is 1.19 bits per heavy atom. The van der Waals surface area contributed by atoms with Crippen molar-refractivity contribution in [2.75, 3.05) is 7.11 Å². The Kier molecular flexibility index (Phi) is 2.94. The van der Waals surface area contributed by atoms with Crippen LogP contribution in [0.25, 0.3) is 5.57 Å². The summed E-state index contributed by atoms with van der Waals surface area (Å²) in [4.78, 5) is 0. The fourth-order valence-electron chi connectivity index (χ4n) is 4.99. The quantitative estimate of drug-likeness (QED) is 0.845. The zero-order valence-corrected chi connectivity index (χ0v) is 13.0. The first kappa shape index (κ1) is 13.4. The van der Waals surface area contributed by atoms with Gasteiger partial charge in [-0.15, -0.1) is 0 Å². The first-order valence-corrected chi connectivity index (χ1v) is 8.21. The predicted molar refractivity (Wildman–Crippen MR) is 84.3 cm³/mol. The molecule has 21 heavy (non-hydrogen) atoms. The van der Waals surface area contributed by atoms with Crippen molar-refractivity contribution in [3.05, 3.63) is 34.9 Å². The highest BCUT2D eigenvalue weighted by Gasteiger charge is 2.50. The Labute approximate surface area is 126 Å². The molecular formula is C19H24O2. The van der Waals surface area contributed by atoms with Crippen LogP contribution < -0.4 is 4.74 Å². The van der Waals surface area contributed by atoms with Gasteiger partial charge in [-0.25, -0.2) is 0 Å². The van der Waals surface area contributed by atoms with E-state index in [-0.39, 0.29) is 11.5 Å². The van der Waals surface area contributed by atoms with Crippen LogP contribution in [0.1, 0.15) is 50.2 Å². The van der Waals surface area contributed by atoms with Gasteiger partial charge >= 0.3 is 0 Å². The van der Waals surface area contributed by atoms with E-state index in [9.17, 15) is 5.11 Å². The van der Waals surface area contributed by atoms with Gasteiger partial charge < -0.3 is 9.84 Å². The second-order valence-corrected chi connectivity index (χ2v) is 7.18. The van der Waals surface area contributed by atoms with Crippen molar-refractivity contribution in [3.8, 4) is 5.75 Å². The molecule has 3 atom stereocenters.